The summed E-state index contributed by atoms with van der Waals surface area (Å²) in [6.45, 7) is 4.01. The highest BCUT2D eigenvalue weighted by atomic mass is 32.2. The van der Waals surface area contributed by atoms with Crippen LogP contribution in [0.4, 0.5) is 0 Å². The first-order chi connectivity index (χ1) is 15.8. The number of sulfone groups is 1. The molecular formula is C26H22N4O2S. The zero-order valence-electron chi connectivity index (χ0n) is 18.5. The highest BCUT2D eigenvalue weighted by Crippen LogP contribution is 2.34. The van der Waals surface area contributed by atoms with Crippen LogP contribution in [0.2, 0.25) is 0 Å². The third kappa shape index (κ3) is 3.91. The summed E-state index contributed by atoms with van der Waals surface area (Å²) < 4.78 is 25.7. The van der Waals surface area contributed by atoms with E-state index in [9.17, 15) is 8.42 Å². The Morgan fingerprint density at radius 1 is 0.818 bits per heavy atom. The van der Waals surface area contributed by atoms with Gasteiger partial charge >= 0.3 is 0 Å². The van der Waals surface area contributed by atoms with Gasteiger partial charge in [0.25, 0.3) is 0 Å². The van der Waals surface area contributed by atoms with Gasteiger partial charge in [-0.15, -0.1) is 0 Å². The molecule has 5 aromatic rings. The quantitative estimate of drug-likeness (QED) is 0.376. The van der Waals surface area contributed by atoms with E-state index in [1.54, 1.807) is 30.5 Å². The predicted octanol–water partition coefficient (Wildman–Crippen LogP) is 5.15. The fourth-order valence-corrected chi connectivity index (χ4v) is 4.57. The Kier molecular flexibility index (Phi) is 5.06. The summed E-state index contributed by atoms with van der Waals surface area (Å²) in [4.78, 5) is 14.5. The van der Waals surface area contributed by atoms with E-state index in [0.29, 0.717) is 0 Å². The molecule has 0 spiro atoms. The summed E-state index contributed by atoms with van der Waals surface area (Å²) in [5.41, 5.74) is 7.95. The molecule has 0 aliphatic heterocycles. The highest BCUT2D eigenvalue weighted by Gasteiger charge is 2.19. The minimum atomic E-state index is -3.25. The Labute approximate surface area is 192 Å². The number of pyridine rings is 3. The number of rotatable bonds is 4. The molecule has 0 amide bonds. The molecule has 0 atom stereocenters. The monoisotopic (exact) mass is 454 g/mol. The maximum atomic E-state index is 11.8. The van der Waals surface area contributed by atoms with E-state index in [-0.39, 0.29) is 4.90 Å². The van der Waals surface area contributed by atoms with E-state index in [4.69, 9.17) is 9.97 Å². The van der Waals surface area contributed by atoms with Crippen molar-refractivity contribution in [3.05, 3.63) is 90.4 Å². The summed E-state index contributed by atoms with van der Waals surface area (Å²) in [6, 6.07) is 20.7. The van der Waals surface area contributed by atoms with Gasteiger partial charge in [0, 0.05) is 35.5 Å². The van der Waals surface area contributed by atoms with Crippen LogP contribution < -0.4 is 0 Å². The molecule has 0 saturated carbocycles. The second-order valence-electron chi connectivity index (χ2n) is 8.08. The highest BCUT2D eigenvalue weighted by molar-refractivity contribution is 7.90. The first-order valence-corrected chi connectivity index (χ1v) is 12.4. The van der Waals surface area contributed by atoms with Gasteiger partial charge < -0.3 is 0 Å². The molecule has 0 fully saturated rings. The maximum Gasteiger partial charge on any atom is 0.175 e. The minimum Gasteiger partial charge on any atom is -0.299 e. The van der Waals surface area contributed by atoms with Crippen LogP contribution >= 0.6 is 0 Å². The fraction of sp³-hybridized carbons (Fsp3) is 0.115. The normalized spacial score (nSPS) is 11.7. The van der Waals surface area contributed by atoms with Crippen molar-refractivity contribution in [1.82, 2.24) is 19.4 Å². The third-order valence-electron chi connectivity index (χ3n) is 5.59. The molecule has 5 rings (SSSR count). The van der Waals surface area contributed by atoms with E-state index >= 15 is 0 Å². The topological polar surface area (TPSA) is 77.2 Å². The molecule has 0 aliphatic carbocycles. The molecule has 0 unspecified atom stereocenters. The van der Waals surface area contributed by atoms with Crippen molar-refractivity contribution in [2.45, 2.75) is 18.7 Å². The number of hydrogen-bond donors (Lipinski definition) is 0. The zero-order chi connectivity index (χ0) is 23.2. The molecule has 7 heteroatoms. The summed E-state index contributed by atoms with van der Waals surface area (Å²) in [5.74, 6) is 0. The molecule has 6 nitrogen and oxygen atoms in total. The lowest BCUT2D eigenvalue weighted by Gasteiger charge is -2.09. The SMILES string of the molecule is Cc1cccc(-c2nc3c(C)cccn3c2-c2ccnc(-c3ccc(S(C)(=O)=O)cc3)c2)n1. The lowest BCUT2D eigenvalue weighted by molar-refractivity contribution is 0.602. The van der Waals surface area contributed by atoms with Crippen LogP contribution in [0.3, 0.4) is 0 Å². The van der Waals surface area contributed by atoms with Crippen LogP contribution in [0.25, 0.3) is 39.5 Å². The van der Waals surface area contributed by atoms with Crippen molar-refractivity contribution in [1.29, 1.82) is 0 Å². The Morgan fingerprint density at radius 3 is 2.33 bits per heavy atom. The smallest absolute Gasteiger partial charge is 0.175 e. The Balaban J connectivity index is 1.70. The molecule has 0 N–H and O–H groups in total. The Morgan fingerprint density at radius 2 is 1.61 bits per heavy atom. The molecule has 4 aromatic heterocycles. The predicted molar refractivity (Wildman–Crippen MR) is 130 cm³/mol. The number of fused-ring (bicyclic) bond motifs is 1. The standard InChI is InChI=1S/C26H22N4O2S/c1-17-6-5-15-30-25(24(29-26(17)30)22-8-4-7-18(2)28-22)20-13-14-27-23(16-20)19-9-11-21(12-10-19)33(3,31)32/h4-16H,1-3H3. The third-order valence-corrected chi connectivity index (χ3v) is 6.72. The second kappa shape index (κ2) is 7.94. The van der Waals surface area contributed by atoms with Gasteiger partial charge in [0.05, 0.1) is 22.0 Å². The largest absolute Gasteiger partial charge is 0.299 e. The van der Waals surface area contributed by atoms with Crippen LogP contribution in [0.5, 0.6) is 0 Å². The van der Waals surface area contributed by atoms with Crippen LogP contribution in [-0.2, 0) is 9.84 Å². The van der Waals surface area contributed by atoms with Gasteiger partial charge in [-0.3, -0.25) is 14.4 Å². The van der Waals surface area contributed by atoms with Crippen molar-refractivity contribution < 1.29 is 8.42 Å². The van der Waals surface area contributed by atoms with Gasteiger partial charge in [-0.1, -0.05) is 24.3 Å². The van der Waals surface area contributed by atoms with Gasteiger partial charge in [0.1, 0.15) is 11.3 Å². The van der Waals surface area contributed by atoms with Crippen molar-refractivity contribution in [3.63, 3.8) is 0 Å². The number of nitrogens with zero attached hydrogens (tertiary/aromatic N) is 4. The number of aryl methyl sites for hydroxylation is 2. The van der Waals surface area contributed by atoms with Gasteiger partial charge in [-0.25, -0.2) is 13.4 Å². The van der Waals surface area contributed by atoms with E-state index in [0.717, 1.165) is 50.8 Å². The van der Waals surface area contributed by atoms with Gasteiger partial charge in [0.15, 0.2) is 9.84 Å². The van der Waals surface area contributed by atoms with E-state index in [2.05, 4.69) is 9.38 Å². The molecule has 0 bridgehead atoms. The van der Waals surface area contributed by atoms with Gasteiger partial charge in [0.2, 0.25) is 0 Å². The molecule has 4 heterocycles. The maximum absolute atomic E-state index is 11.8. The van der Waals surface area contributed by atoms with Crippen LogP contribution in [-0.4, -0.2) is 34.0 Å². The fourth-order valence-electron chi connectivity index (χ4n) is 3.94. The molecule has 0 saturated heterocycles. The lowest BCUT2D eigenvalue weighted by Crippen LogP contribution is -1.96. The Hall–Kier alpha value is -3.84. The average molecular weight is 455 g/mol. The lowest BCUT2D eigenvalue weighted by atomic mass is 10.0. The summed E-state index contributed by atoms with van der Waals surface area (Å²) in [5, 5.41) is 0. The van der Waals surface area contributed by atoms with Crippen LogP contribution in [0.1, 0.15) is 11.3 Å². The van der Waals surface area contributed by atoms with Crippen molar-refractivity contribution in [2.75, 3.05) is 6.26 Å². The van der Waals surface area contributed by atoms with E-state index in [1.165, 1.54) is 6.26 Å². The van der Waals surface area contributed by atoms with Gasteiger partial charge in [-0.05, 0) is 61.9 Å². The Bertz CT molecular complexity index is 1600. The molecule has 33 heavy (non-hydrogen) atoms. The van der Waals surface area contributed by atoms with E-state index < -0.39 is 9.84 Å². The number of imidazole rings is 1. The van der Waals surface area contributed by atoms with Crippen LogP contribution in [0, 0.1) is 13.8 Å². The van der Waals surface area contributed by atoms with Crippen LogP contribution in [0.15, 0.2) is 84.0 Å². The molecule has 0 aliphatic rings. The van der Waals surface area contributed by atoms with Crippen molar-refractivity contribution in [2.24, 2.45) is 0 Å². The summed E-state index contributed by atoms with van der Waals surface area (Å²) >= 11 is 0. The molecule has 164 valence electrons. The average Bonchev–Trinajstić information content (AvgIpc) is 3.20. The number of benzene rings is 1. The van der Waals surface area contributed by atoms with E-state index in [1.807, 2.05) is 62.5 Å². The molecule has 1 aromatic carbocycles. The molecular weight excluding hydrogens is 432 g/mol. The number of hydrogen-bond acceptors (Lipinski definition) is 5. The second-order valence-corrected chi connectivity index (χ2v) is 10.1. The zero-order valence-corrected chi connectivity index (χ0v) is 19.3. The molecule has 0 radical (unpaired) electrons. The number of aromatic nitrogens is 4. The first kappa shape index (κ1) is 21.0. The summed E-state index contributed by atoms with van der Waals surface area (Å²) in [7, 11) is -3.25. The van der Waals surface area contributed by atoms with Crippen molar-refractivity contribution in [3.8, 4) is 33.9 Å². The van der Waals surface area contributed by atoms with Crippen molar-refractivity contribution >= 4 is 15.5 Å². The minimum absolute atomic E-state index is 0.285. The summed E-state index contributed by atoms with van der Waals surface area (Å²) in [6.07, 6.45) is 4.97. The van der Waals surface area contributed by atoms with Gasteiger partial charge in [-0.2, -0.15) is 0 Å². The first-order valence-electron chi connectivity index (χ1n) is 10.5.